The first-order valence-corrected chi connectivity index (χ1v) is 6.55. The molecule has 96 valence electrons. The van der Waals surface area contributed by atoms with Gasteiger partial charge < -0.3 is 4.90 Å². The molecule has 1 fully saturated rings. The van der Waals surface area contributed by atoms with Gasteiger partial charge in [0.1, 0.15) is 4.99 Å². The second-order valence-corrected chi connectivity index (χ2v) is 5.00. The van der Waals surface area contributed by atoms with Gasteiger partial charge in [-0.2, -0.15) is 0 Å². The molecule has 1 saturated heterocycles. The number of hydrogen-bond acceptors (Lipinski definition) is 3. The van der Waals surface area contributed by atoms with Crippen molar-refractivity contribution < 1.29 is 4.92 Å². The summed E-state index contributed by atoms with van der Waals surface area (Å²) in [7, 11) is 0. The van der Waals surface area contributed by atoms with E-state index in [1.165, 1.54) is 19.3 Å². The quantitative estimate of drug-likeness (QED) is 0.468. The Balaban J connectivity index is 2.20. The van der Waals surface area contributed by atoms with Crippen molar-refractivity contribution in [2.24, 2.45) is 0 Å². The first-order valence-electron chi connectivity index (χ1n) is 6.14. The third kappa shape index (κ3) is 2.67. The fourth-order valence-corrected chi connectivity index (χ4v) is 2.58. The largest absolute Gasteiger partial charge is 0.362 e. The van der Waals surface area contributed by atoms with Crippen molar-refractivity contribution in [2.45, 2.75) is 26.2 Å². The minimum absolute atomic E-state index is 0.153. The van der Waals surface area contributed by atoms with Crippen LogP contribution in [-0.2, 0) is 0 Å². The maximum Gasteiger partial charge on any atom is 0.272 e. The van der Waals surface area contributed by atoms with Crippen molar-refractivity contribution in [1.82, 2.24) is 4.90 Å². The summed E-state index contributed by atoms with van der Waals surface area (Å²) >= 11 is 5.47. The van der Waals surface area contributed by atoms with Gasteiger partial charge in [0.2, 0.25) is 0 Å². The van der Waals surface area contributed by atoms with Gasteiger partial charge in [0, 0.05) is 30.3 Å². The third-order valence-electron chi connectivity index (χ3n) is 3.28. The highest BCUT2D eigenvalue weighted by Crippen LogP contribution is 2.21. The van der Waals surface area contributed by atoms with E-state index < -0.39 is 0 Å². The third-order valence-corrected chi connectivity index (χ3v) is 3.78. The summed E-state index contributed by atoms with van der Waals surface area (Å²) in [6.07, 6.45) is 3.61. The Morgan fingerprint density at radius 3 is 2.56 bits per heavy atom. The van der Waals surface area contributed by atoms with Crippen LogP contribution in [0.4, 0.5) is 5.69 Å². The number of nitrogens with zero attached hydrogens (tertiary/aromatic N) is 2. The zero-order valence-corrected chi connectivity index (χ0v) is 11.2. The molecule has 18 heavy (non-hydrogen) atoms. The molecule has 0 bridgehead atoms. The fourth-order valence-electron chi connectivity index (χ4n) is 2.27. The fraction of sp³-hybridized carbons (Fsp3) is 0.462. The molecule has 0 amide bonds. The molecule has 0 aliphatic carbocycles. The number of nitro benzene ring substituents is 1. The first kappa shape index (κ1) is 13.0. The Bertz CT molecular complexity index is 482. The number of rotatable bonds is 2. The minimum Gasteiger partial charge on any atom is -0.362 e. The average molecular weight is 264 g/mol. The van der Waals surface area contributed by atoms with Gasteiger partial charge in [0.25, 0.3) is 5.69 Å². The Morgan fingerprint density at radius 2 is 2.00 bits per heavy atom. The summed E-state index contributed by atoms with van der Waals surface area (Å²) in [5.41, 5.74) is 1.73. The summed E-state index contributed by atoms with van der Waals surface area (Å²) < 4.78 is 0. The van der Waals surface area contributed by atoms with Gasteiger partial charge in [0.05, 0.1) is 4.92 Å². The second kappa shape index (κ2) is 5.44. The standard InChI is InChI=1S/C13H16N2O2S/c1-10-9-11(5-6-12(10)15(16)17)13(18)14-7-3-2-4-8-14/h5-6,9H,2-4,7-8H2,1H3. The smallest absolute Gasteiger partial charge is 0.272 e. The topological polar surface area (TPSA) is 46.4 Å². The number of aryl methyl sites for hydroxylation is 1. The molecule has 1 aliphatic heterocycles. The molecule has 1 aliphatic rings. The Labute approximate surface area is 112 Å². The minimum atomic E-state index is -0.358. The lowest BCUT2D eigenvalue weighted by Gasteiger charge is -2.29. The van der Waals surface area contributed by atoms with Crippen LogP contribution in [0.2, 0.25) is 0 Å². The van der Waals surface area contributed by atoms with Crippen molar-refractivity contribution in [3.05, 3.63) is 39.4 Å². The number of piperidine rings is 1. The highest BCUT2D eigenvalue weighted by Gasteiger charge is 2.17. The average Bonchev–Trinajstić information content (AvgIpc) is 2.38. The van der Waals surface area contributed by atoms with Crippen LogP contribution in [-0.4, -0.2) is 27.9 Å². The van der Waals surface area contributed by atoms with Crippen LogP contribution in [0.5, 0.6) is 0 Å². The summed E-state index contributed by atoms with van der Waals surface area (Å²) in [5, 5.41) is 10.8. The molecule has 1 aromatic rings. The van der Waals surface area contributed by atoms with Crippen LogP contribution in [0.1, 0.15) is 30.4 Å². The van der Waals surface area contributed by atoms with E-state index in [9.17, 15) is 10.1 Å². The van der Waals surface area contributed by atoms with Crippen molar-refractivity contribution in [3.63, 3.8) is 0 Å². The zero-order valence-electron chi connectivity index (χ0n) is 10.4. The molecule has 0 aromatic heterocycles. The summed E-state index contributed by atoms with van der Waals surface area (Å²) in [6, 6.07) is 5.11. The predicted octanol–water partition coefficient (Wildman–Crippen LogP) is 3.06. The molecule has 0 saturated carbocycles. The van der Waals surface area contributed by atoms with Gasteiger partial charge in [-0.05, 0) is 38.3 Å². The highest BCUT2D eigenvalue weighted by atomic mass is 32.1. The van der Waals surface area contributed by atoms with Crippen LogP contribution >= 0.6 is 12.2 Å². The van der Waals surface area contributed by atoms with E-state index in [1.807, 2.05) is 6.07 Å². The maximum absolute atomic E-state index is 10.8. The molecular formula is C13H16N2O2S. The van der Waals surface area contributed by atoms with Crippen LogP contribution in [0.3, 0.4) is 0 Å². The summed E-state index contributed by atoms with van der Waals surface area (Å²) in [4.78, 5) is 13.4. The molecule has 0 atom stereocenters. The Kier molecular flexibility index (Phi) is 3.91. The Hall–Kier alpha value is -1.49. The van der Waals surface area contributed by atoms with Gasteiger partial charge in [-0.25, -0.2) is 0 Å². The number of benzene rings is 1. The molecule has 4 nitrogen and oxygen atoms in total. The molecule has 1 aromatic carbocycles. The van der Waals surface area contributed by atoms with Crippen molar-refractivity contribution in [1.29, 1.82) is 0 Å². The van der Waals surface area contributed by atoms with Crippen LogP contribution in [0.15, 0.2) is 18.2 Å². The van der Waals surface area contributed by atoms with Gasteiger partial charge >= 0.3 is 0 Å². The van der Waals surface area contributed by atoms with Gasteiger partial charge in [0.15, 0.2) is 0 Å². The second-order valence-electron chi connectivity index (χ2n) is 4.61. The number of hydrogen-bond donors (Lipinski definition) is 0. The van der Waals surface area contributed by atoms with E-state index in [0.717, 1.165) is 23.6 Å². The Morgan fingerprint density at radius 1 is 1.33 bits per heavy atom. The first-order chi connectivity index (χ1) is 8.59. The maximum atomic E-state index is 10.8. The molecule has 0 unspecified atom stereocenters. The SMILES string of the molecule is Cc1cc(C(=S)N2CCCCC2)ccc1[N+](=O)[O-]. The van der Waals surface area contributed by atoms with Crippen molar-refractivity contribution in [3.8, 4) is 0 Å². The van der Waals surface area contributed by atoms with Crippen LogP contribution in [0.25, 0.3) is 0 Å². The van der Waals surface area contributed by atoms with Gasteiger partial charge in [-0.1, -0.05) is 12.2 Å². The van der Waals surface area contributed by atoms with E-state index in [4.69, 9.17) is 12.2 Å². The number of thiocarbonyl (C=S) groups is 1. The van der Waals surface area contributed by atoms with Crippen molar-refractivity contribution >= 4 is 22.9 Å². The van der Waals surface area contributed by atoms with E-state index in [-0.39, 0.29) is 10.6 Å². The van der Waals surface area contributed by atoms with Crippen molar-refractivity contribution in [2.75, 3.05) is 13.1 Å². The van der Waals surface area contributed by atoms with Crippen LogP contribution in [0, 0.1) is 17.0 Å². The number of nitro groups is 1. The highest BCUT2D eigenvalue weighted by molar-refractivity contribution is 7.80. The molecular weight excluding hydrogens is 248 g/mol. The van der Waals surface area contributed by atoms with Gasteiger partial charge in [-0.15, -0.1) is 0 Å². The number of likely N-dealkylation sites (tertiary alicyclic amines) is 1. The van der Waals surface area contributed by atoms with E-state index in [2.05, 4.69) is 4.90 Å². The molecule has 0 N–H and O–H groups in total. The van der Waals surface area contributed by atoms with E-state index in [0.29, 0.717) is 5.56 Å². The lowest BCUT2D eigenvalue weighted by Crippen LogP contribution is -2.34. The lowest BCUT2D eigenvalue weighted by molar-refractivity contribution is -0.385. The lowest BCUT2D eigenvalue weighted by atomic mass is 10.1. The summed E-state index contributed by atoms with van der Waals surface area (Å²) in [5.74, 6) is 0. The van der Waals surface area contributed by atoms with Gasteiger partial charge in [-0.3, -0.25) is 10.1 Å². The molecule has 2 rings (SSSR count). The predicted molar refractivity (Wildman–Crippen MR) is 75.0 cm³/mol. The monoisotopic (exact) mass is 264 g/mol. The van der Waals surface area contributed by atoms with E-state index >= 15 is 0 Å². The summed E-state index contributed by atoms with van der Waals surface area (Å²) in [6.45, 7) is 3.74. The molecule has 5 heteroatoms. The molecule has 1 heterocycles. The van der Waals surface area contributed by atoms with Crippen LogP contribution < -0.4 is 0 Å². The molecule has 0 radical (unpaired) electrons. The zero-order chi connectivity index (χ0) is 13.1. The molecule has 0 spiro atoms. The van der Waals surface area contributed by atoms with E-state index in [1.54, 1.807) is 19.1 Å². The normalized spacial score (nSPS) is 15.5.